The Morgan fingerprint density at radius 3 is 2.15 bits per heavy atom. The summed E-state index contributed by atoms with van der Waals surface area (Å²) in [5, 5.41) is 11.1. The molecule has 3 rings (SSSR count). The Labute approximate surface area is 187 Å². The van der Waals surface area contributed by atoms with Gasteiger partial charge in [0.05, 0.1) is 16.3 Å². The second kappa shape index (κ2) is 9.16. The Kier molecular flexibility index (Phi) is 6.70. The first-order chi connectivity index (χ1) is 15.4. The molecule has 0 saturated heterocycles. The van der Waals surface area contributed by atoms with Gasteiger partial charge in [-0.15, -0.1) is 0 Å². The number of rotatable bonds is 7. The molecule has 0 aliphatic rings. The molecule has 8 nitrogen and oxygen atoms in total. The average Bonchev–Trinajstić information content (AvgIpc) is 3.23. The number of amides is 1. The molecule has 1 amide bonds. The molecule has 3 aromatic rings. The van der Waals surface area contributed by atoms with Gasteiger partial charge in [-0.2, -0.15) is 18.3 Å². The van der Waals surface area contributed by atoms with Gasteiger partial charge >= 0.3 is 6.18 Å². The van der Waals surface area contributed by atoms with Gasteiger partial charge in [-0.3, -0.25) is 9.59 Å². The van der Waals surface area contributed by atoms with E-state index in [9.17, 15) is 31.2 Å². The van der Waals surface area contributed by atoms with Crippen molar-refractivity contribution in [2.24, 2.45) is 5.14 Å². The number of benzene rings is 2. The van der Waals surface area contributed by atoms with E-state index in [0.717, 1.165) is 22.9 Å². The second-order valence-electron chi connectivity index (χ2n) is 7.04. The highest BCUT2D eigenvalue weighted by molar-refractivity contribution is 7.89. The Bertz CT molecular complexity index is 1280. The van der Waals surface area contributed by atoms with Crippen molar-refractivity contribution >= 4 is 21.7 Å². The Balaban J connectivity index is 1.98. The molecule has 1 heterocycles. The van der Waals surface area contributed by atoms with Gasteiger partial charge in [0.1, 0.15) is 0 Å². The number of hydrogen-bond donors (Lipinski definition) is 2. The summed E-state index contributed by atoms with van der Waals surface area (Å²) < 4.78 is 63.9. The number of nitrogens with one attached hydrogen (secondary N) is 1. The zero-order valence-corrected chi connectivity index (χ0v) is 18.1. The molecule has 0 spiro atoms. The molecule has 2 aromatic carbocycles. The number of nitrogens with zero attached hydrogens (tertiary/aromatic N) is 2. The SMILES string of the molecule is CNC(=O)CCC(=O)c1ccc(-c2cc(C(F)(F)F)nn2-c2ccc(S(N)(=O)=O)cc2)cc1. The first kappa shape index (κ1) is 24.1. The zero-order chi connectivity index (χ0) is 24.4. The monoisotopic (exact) mass is 480 g/mol. The number of carbonyl (C=O) groups is 2. The summed E-state index contributed by atoms with van der Waals surface area (Å²) in [5.41, 5.74) is -0.230. The van der Waals surface area contributed by atoms with E-state index in [1.807, 2.05) is 0 Å². The van der Waals surface area contributed by atoms with Crippen molar-refractivity contribution in [2.75, 3.05) is 7.05 Å². The fourth-order valence-electron chi connectivity index (χ4n) is 3.02. The van der Waals surface area contributed by atoms with Gasteiger partial charge in [-0.25, -0.2) is 18.2 Å². The molecular weight excluding hydrogens is 461 g/mol. The maximum Gasteiger partial charge on any atom is 0.435 e. The number of hydrogen-bond acceptors (Lipinski definition) is 5. The number of ketones is 1. The first-order valence-corrected chi connectivity index (χ1v) is 11.1. The van der Waals surface area contributed by atoms with Gasteiger partial charge < -0.3 is 5.32 Å². The van der Waals surface area contributed by atoms with Crippen LogP contribution >= 0.6 is 0 Å². The number of aromatic nitrogens is 2. The summed E-state index contributed by atoms with van der Waals surface area (Å²) in [6, 6.07) is 11.6. The molecule has 0 aliphatic heterocycles. The molecule has 0 unspecified atom stereocenters. The van der Waals surface area contributed by atoms with Crippen LogP contribution in [0.5, 0.6) is 0 Å². The topological polar surface area (TPSA) is 124 Å². The summed E-state index contributed by atoms with van der Waals surface area (Å²) >= 11 is 0. The van der Waals surface area contributed by atoms with Crippen molar-refractivity contribution < 1.29 is 31.2 Å². The van der Waals surface area contributed by atoms with Gasteiger partial charge in [-0.1, -0.05) is 24.3 Å². The van der Waals surface area contributed by atoms with Crippen molar-refractivity contribution in [1.82, 2.24) is 15.1 Å². The number of halogens is 3. The molecule has 174 valence electrons. The Morgan fingerprint density at radius 2 is 1.64 bits per heavy atom. The first-order valence-electron chi connectivity index (χ1n) is 9.55. The Morgan fingerprint density at radius 1 is 1.03 bits per heavy atom. The number of carbonyl (C=O) groups excluding carboxylic acids is 2. The molecule has 0 radical (unpaired) electrons. The predicted molar refractivity (Wildman–Crippen MR) is 113 cm³/mol. The molecule has 0 fully saturated rings. The molecule has 1 aromatic heterocycles. The van der Waals surface area contributed by atoms with Crippen molar-refractivity contribution in [2.45, 2.75) is 23.9 Å². The number of alkyl halides is 3. The van der Waals surface area contributed by atoms with E-state index in [0.29, 0.717) is 11.1 Å². The lowest BCUT2D eigenvalue weighted by Gasteiger charge is -2.09. The van der Waals surface area contributed by atoms with E-state index >= 15 is 0 Å². The number of nitrogens with two attached hydrogens (primary N) is 1. The van der Waals surface area contributed by atoms with Crippen molar-refractivity contribution in [3.05, 3.63) is 65.9 Å². The van der Waals surface area contributed by atoms with E-state index in [-0.39, 0.29) is 40.8 Å². The zero-order valence-electron chi connectivity index (χ0n) is 17.3. The van der Waals surface area contributed by atoms with E-state index in [1.54, 1.807) is 0 Å². The largest absolute Gasteiger partial charge is 0.435 e. The molecule has 3 N–H and O–H groups in total. The van der Waals surface area contributed by atoms with Gasteiger partial charge in [0.2, 0.25) is 15.9 Å². The maximum atomic E-state index is 13.3. The number of sulfonamides is 1. The van der Waals surface area contributed by atoms with Crippen molar-refractivity contribution in [3.63, 3.8) is 0 Å². The van der Waals surface area contributed by atoms with Gasteiger partial charge in [0, 0.05) is 31.0 Å². The van der Waals surface area contributed by atoms with Crippen LogP contribution in [-0.4, -0.2) is 36.9 Å². The smallest absolute Gasteiger partial charge is 0.359 e. The lowest BCUT2D eigenvalue weighted by molar-refractivity contribution is -0.141. The second-order valence-corrected chi connectivity index (χ2v) is 8.60. The fraction of sp³-hybridized carbons (Fsp3) is 0.190. The summed E-state index contributed by atoms with van der Waals surface area (Å²) in [5.74, 6) is -0.565. The van der Waals surface area contributed by atoms with E-state index in [2.05, 4.69) is 10.4 Å². The molecular formula is C21H19F3N4O4S. The Hall–Kier alpha value is -3.51. The van der Waals surface area contributed by atoms with Crippen LogP contribution in [0, 0.1) is 0 Å². The minimum absolute atomic E-state index is 0.00836. The number of primary sulfonamides is 1. The highest BCUT2D eigenvalue weighted by atomic mass is 32.2. The molecule has 0 aliphatic carbocycles. The summed E-state index contributed by atoms with van der Waals surface area (Å²) in [7, 11) is -2.51. The minimum atomic E-state index is -4.71. The van der Waals surface area contributed by atoms with E-state index in [4.69, 9.17) is 5.14 Å². The normalized spacial score (nSPS) is 11.9. The molecule has 33 heavy (non-hydrogen) atoms. The predicted octanol–water partition coefficient (Wildman–Crippen LogP) is 2.91. The maximum absolute atomic E-state index is 13.3. The van der Waals surface area contributed by atoms with Crippen LogP contribution in [0.2, 0.25) is 0 Å². The van der Waals surface area contributed by atoms with E-state index in [1.165, 1.54) is 43.4 Å². The standard InChI is InChI=1S/C21H19F3N4O4S/c1-26-20(30)11-10-18(29)14-4-2-13(3-5-14)17-12-19(21(22,23)24)27-28(17)15-6-8-16(9-7-15)33(25,31)32/h2-9,12H,10-11H2,1H3,(H,26,30)(H2,25,31,32). The quantitative estimate of drug-likeness (QED) is 0.503. The average molecular weight is 480 g/mol. The van der Waals surface area contributed by atoms with Crippen LogP contribution in [-0.2, 0) is 21.0 Å². The molecule has 0 saturated carbocycles. The third-order valence-corrected chi connectivity index (χ3v) is 5.70. The van der Waals surface area contributed by atoms with Crippen molar-refractivity contribution in [3.8, 4) is 16.9 Å². The lowest BCUT2D eigenvalue weighted by Crippen LogP contribution is -2.18. The molecule has 0 bridgehead atoms. The van der Waals surface area contributed by atoms with Gasteiger partial charge in [0.25, 0.3) is 0 Å². The van der Waals surface area contributed by atoms with Crippen LogP contribution < -0.4 is 10.5 Å². The lowest BCUT2D eigenvalue weighted by atomic mass is 10.0. The summed E-state index contributed by atoms with van der Waals surface area (Å²) in [6.07, 6.45) is -4.70. The van der Waals surface area contributed by atoms with Crippen LogP contribution in [0.4, 0.5) is 13.2 Å². The van der Waals surface area contributed by atoms with Crippen LogP contribution in [0.1, 0.15) is 28.9 Å². The third kappa shape index (κ3) is 5.65. The minimum Gasteiger partial charge on any atom is -0.359 e. The molecule has 12 heteroatoms. The summed E-state index contributed by atoms with van der Waals surface area (Å²) in [4.78, 5) is 23.4. The van der Waals surface area contributed by atoms with Crippen LogP contribution in [0.3, 0.4) is 0 Å². The van der Waals surface area contributed by atoms with E-state index < -0.39 is 21.9 Å². The van der Waals surface area contributed by atoms with Crippen LogP contribution in [0.15, 0.2) is 59.5 Å². The van der Waals surface area contributed by atoms with Crippen molar-refractivity contribution in [1.29, 1.82) is 0 Å². The highest BCUT2D eigenvalue weighted by Gasteiger charge is 2.35. The molecule has 0 atom stereocenters. The summed E-state index contributed by atoms with van der Waals surface area (Å²) in [6.45, 7) is 0. The van der Waals surface area contributed by atoms with Gasteiger partial charge in [-0.05, 0) is 30.3 Å². The van der Waals surface area contributed by atoms with Gasteiger partial charge in [0.15, 0.2) is 11.5 Å². The highest BCUT2D eigenvalue weighted by Crippen LogP contribution is 2.33. The van der Waals surface area contributed by atoms with Crippen LogP contribution in [0.25, 0.3) is 16.9 Å². The number of Topliss-reactive ketones (excluding diaryl/α,β-unsaturated/α-hetero) is 1. The third-order valence-electron chi connectivity index (χ3n) is 4.77. The fourth-order valence-corrected chi connectivity index (χ4v) is 3.54.